The Morgan fingerprint density at radius 1 is 1.31 bits per heavy atom. The Hall–Kier alpha value is -0.960. The normalized spacial score (nSPS) is 29.4. The van der Waals surface area contributed by atoms with Gasteiger partial charge in [-0.15, -0.1) is 0 Å². The van der Waals surface area contributed by atoms with Gasteiger partial charge >= 0.3 is 0 Å². The molecule has 13 heavy (non-hydrogen) atoms. The van der Waals surface area contributed by atoms with E-state index >= 15 is 0 Å². The van der Waals surface area contributed by atoms with E-state index in [9.17, 15) is 8.78 Å². The van der Waals surface area contributed by atoms with Crippen LogP contribution in [0.5, 0.6) is 0 Å². The Bertz CT molecular complexity index is 375. The van der Waals surface area contributed by atoms with Crippen LogP contribution in [0.3, 0.4) is 0 Å². The number of halogens is 2. The second-order valence-electron chi connectivity index (χ2n) is 3.78. The SMILES string of the molecule is Fc1cc(F)c2c(c1)C1CNC2C1. The standard InChI is InChI=1S/C10H9F2N/c11-6-2-7-5-1-9(13-4-5)10(7)8(12)3-6/h2-3,5,9,13H,1,4H2. The maximum absolute atomic E-state index is 13.3. The highest BCUT2D eigenvalue weighted by molar-refractivity contribution is 5.42. The lowest BCUT2D eigenvalue weighted by Crippen LogP contribution is -2.20. The van der Waals surface area contributed by atoms with E-state index in [0.717, 1.165) is 24.6 Å². The topological polar surface area (TPSA) is 12.0 Å². The Morgan fingerprint density at radius 2 is 2.15 bits per heavy atom. The van der Waals surface area contributed by atoms with Gasteiger partial charge in [-0.05, 0) is 24.0 Å². The molecule has 0 spiro atoms. The van der Waals surface area contributed by atoms with E-state index in [1.165, 1.54) is 6.07 Å². The predicted octanol–water partition coefficient (Wildman–Crippen LogP) is 2.10. The second-order valence-corrected chi connectivity index (χ2v) is 3.78. The van der Waals surface area contributed by atoms with Gasteiger partial charge in [-0.3, -0.25) is 0 Å². The Balaban J connectivity index is 2.26. The molecule has 1 aromatic rings. The van der Waals surface area contributed by atoms with Crippen molar-refractivity contribution in [3.05, 3.63) is 34.9 Å². The van der Waals surface area contributed by atoms with Crippen molar-refractivity contribution < 1.29 is 8.78 Å². The van der Waals surface area contributed by atoms with Crippen molar-refractivity contribution in [3.63, 3.8) is 0 Å². The zero-order chi connectivity index (χ0) is 9.00. The molecule has 2 bridgehead atoms. The second kappa shape index (κ2) is 2.29. The van der Waals surface area contributed by atoms with Crippen LogP contribution in [0, 0.1) is 11.6 Å². The van der Waals surface area contributed by atoms with Crippen molar-refractivity contribution in [1.82, 2.24) is 5.32 Å². The van der Waals surface area contributed by atoms with Gasteiger partial charge in [-0.2, -0.15) is 0 Å². The van der Waals surface area contributed by atoms with Crippen LogP contribution in [0.15, 0.2) is 12.1 Å². The van der Waals surface area contributed by atoms with Gasteiger partial charge in [0.2, 0.25) is 0 Å². The van der Waals surface area contributed by atoms with Crippen LogP contribution in [-0.4, -0.2) is 6.54 Å². The summed E-state index contributed by atoms with van der Waals surface area (Å²) in [5.74, 6) is -0.524. The smallest absolute Gasteiger partial charge is 0.131 e. The first kappa shape index (κ1) is 7.44. The highest BCUT2D eigenvalue weighted by Gasteiger charge is 2.38. The van der Waals surface area contributed by atoms with E-state index < -0.39 is 11.6 Å². The number of hydrogen-bond acceptors (Lipinski definition) is 1. The minimum Gasteiger partial charge on any atom is -0.309 e. The van der Waals surface area contributed by atoms with E-state index in [1.54, 1.807) is 0 Å². The van der Waals surface area contributed by atoms with Gasteiger partial charge in [0, 0.05) is 24.2 Å². The van der Waals surface area contributed by atoms with Gasteiger partial charge in [0.15, 0.2) is 0 Å². The summed E-state index contributed by atoms with van der Waals surface area (Å²) in [4.78, 5) is 0. The van der Waals surface area contributed by atoms with E-state index in [-0.39, 0.29) is 6.04 Å². The van der Waals surface area contributed by atoms with Crippen LogP contribution in [0.2, 0.25) is 0 Å². The summed E-state index contributed by atoms with van der Waals surface area (Å²) in [5, 5.41) is 3.21. The minimum absolute atomic E-state index is 0.126. The summed E-state index contributed by atoms with van der Waals surface area (Å²) < 4.78 is 26.2. The van der Waals surface area contributed by atoms with Gasteiger partial charge in [0.25, 0.3) is 0 Å². The molecule has 3 heteroatoms. The lowest BCUT2D eigenvalue weighted by atomic mass is 10.00. The van der Waals surface area contributed by atoms with Gasteiger partial charge in [-0.25, -0.2) is 8.78 Å². The summed E-state index contributed by atoms with van der Waals surface area (Å²) in [6, 6.07) is 2.58. The zero-order valence-electron chi connectivity index (χ0n) is 6.98. The fourth-order valence-corrected chi connectivity index (χ4v) is 2.50. The largest absolute Gasteiger partial charge is 0.309 e. The Kier molecular flexibility index (Phi) is 1.31. The molecule has 0 amide bonds. The highest BCUT2D eigenvalue weighted by Crippen LogP contribution is 2.45. The average molecular weight is 181 g/mol. The summed E-state index contributed by atoms with van der Waals surface area (Å²) in [5.41, 5.74) is 1.57. The van der Waals surface area contributed by atoms with Crippen molar-refractivity contribution in [2.75, 3.05) is 6.54 Å². The van der Waals surface area contributed by atoms with Crippen LogP contribution >= 0.6 is 0 Å². The van der Waals surface area contributed by atoms with Crippen LogP contribution in [0.4, 0.5) is 8.78 Å². The molecule has 1 fully saturated rings. The molecule has 3 rings (SSSR count). The van der Waals surface area contributed by atoms with Crippen LogP contribution in [-0.2, 0) is 0 Å². The first-order chi connectivity index (χ1) is 6.25. The van der Waals surface area contributed by atoms with E-state index in [1.807, 2.05) is 0 Å². The highest BCUT2D eigenvalue weighted by atomic mass is 19.1. The van der Waals surface area contributed by atoms with Crippen molar-refractivity contribution in [1.29, 1.82) is 0 Å². The summed E-state index contributed by atoms with van der Waals surface area (Å²) in [7, 11) is 0. The lowest BCUT2D eigenvalue weighted by molar-refractivity contribution is 0.539. The molecule has 0 aromatic heterocycles. The monoisotopic (exact) mass is 181 g/mol. The molecule has 2 atom stereocenters. The third-order valence-electron chi connectivity index (χ3n) is 3.05. The maximum Gasteiger partial charge on any atom is 0.131 e. The Morgan fingerprint density at radius 3 is 3.00 bits per heavy atom. The number of nitrogens with one attached hydrogen (secondary N) is 1. The zero-order valence-corrected chi connectivity index (χ0v) is 6.98. The molecular weight excluding hydrogens is 172 g/mol. The molecule has 1 aliphatic heterocycles. The molecule has 2 unspecified atom stereocenters. The van der Waals surface area contributed by atoms with Crippen LogP contribution in [0.25, 0.3) is 0 Å². The van der Waals surface area contributed by atoms with E-state index in [0.29, 0.717) is 11.5 Å². The molecule has 0 saturated carbocycles. The maximum atomic E-state index is 13.3. The fourth-order valence-electron chi connectivity index (χ4n) is 2.50. The molecule has 1 saturated heterocycles. The first-order valence-electron chi connectivity index (χ1n) is 4.48. The predicted molar refractivity (Wildman–Crippen MR) is 44.5 cm³/mol. The summed E-state index contributed by atoms with van der Waals surface area (Å²) in [6.45, 7) is 0.862. The third-order valence-corrected chi connectivity index (χ3v) is 3.05. The van der Waals surface area contributed by atoms with Crippen molar-refractivity contribution in [2.45, 2.75) is 18.4 Å². The molecule has 68 valence electrons. The van der Waals surface area contributed by atoms with Gasteiger partial charge < -0.3 is 5.32 Å². The molecule has 1 aliphatic carbocycles. The van der Waals surface area contributed by atoms with Gasteiger partial charge in [0.1, 0.15) is 11.6 Å². The number of fused-ring (bicyclic) bond motifs is 5. The molecule has 1 N–H and O–H groups in total. The summed E-state index contributed by atoms with van der Waals surface area (Å²) >= 11 is 0. The average Bonchev–Trinajstić information content (AvgIpc) is 2.62. The Labute approximate surface area is 74.8 Å². The number of benzene rings is 1. The number of rotatable bonds is 0. The third kappa shape index (κ3) is 0.879. The molecule has 1 aromatic carbocycles. The van der Waals surface area contributed by atoms with Crippen LogP contribution in [0.1, 0.15) is 29.5 Å². The van der Waals surface area contributed by atoms with Crippen molar-refractivity contribution >= 4 is 0 Å². The van der Waals surface area contributed by atoms with E-state index in [4.69, 9.17) is 0 Å². The quantitative estimate of drug-likeness (QED) is 0.646. The lowest BCUT2D eigenvalue weighted by Gasteiger charge is -2.16. The van der Waals surface area contributed by atoms with E-state index in [2.05, 4.69) is 5.32 Å². The van der Waals surface area contributed by atoms with Crippen LogP contribution < -0.4 is 5.32 Å². The molecule has 0 radical (unpaired) electrons. The fraction of sp³-hybridized carbons (Fsp3) is 0.400. The summed E-state index contributed by atoms with van der Waals surface area (Å²) in [6.07, 6.45) is 0.926. The first-order valence-corrected chi connectivity index (χ1v) is 4.48. The van der Waals surface area contributed by atoms with Crippen molar-refractivity contribution in [3.8, 4) is 0 Å². The molecular formula is C10H9F2N. The minimum atomic E-state index is -0.455. The molecule has 1 nitrogen and oxygen atoms in total. The van der Waals surface area contributed by atoms with Gasteiger partial charge in [-0.1, -0.05) is 0 Å². The van der Waals surface area contributed by atoms with Gasteiger partial charge in [0.05, 0.1) is 0 Å². The van der Waals surface area contributed by atoms with Crippen molar-refractivity contribution in [2.24, 2.45) is 0 Å². The number of hydrogen-bond donors (Lipinski definition) is 1. The molecule has 2 aliphatic rings. The molecule has 1 heterocycles.